The van der Waals surface area contributed by atoms with Gasteiger partial charge in [-0.1, -0.05) is 36.4 Å². The van der Waals surface area contributed by atoms with Crippen LogP contribution in [0.25, 0.3) is 10.8 Å². The second-order valence-electron chi connectivity index (χ2n) is 6.47. The topological polar surface area (TPSA) is 49.4 Å². The molecule has 0 heterocycles. The van der Waals surface area contributed by atoms with Crippen molar-refractivity contribution in [3.8, 4) is 0 Å². The van der Waals surface area contributed by atoms with Crippen LogP contribution in [0.1, 0.15) is 30.1 Å². The van der Waals surface area contributed by atoms with Crippen molar-refractivity contribution >= 4 is 45.6 Å². The first-order valence-corrected chi connectivity index (χ1v) is 9.93. The zero-order valence-corrected chi connectivity index (χ0v) is 16.6. The molecule has 4 nitrogen and oxygen atoms in total. The minimum atomic E-state index is -0.0781. The van der Waals surface area contributed by atoms with Gasteiger partial charge in [-0.25, -0.2) is 0 Å². The van der Waals surface area contributed by atoms with Crippen LogP contribution in [0.15, 0.2) is 66.7 Å². The molecule has 1 N–H and O–H groups in total. The number of carbonyl (C=O) groups is 2. The summed E-state index contributed by atoms with van der Waals surface area (Å²) < 4.78 is 0. The summed E-state index contributed by atoms with van der Waals surface area (Å²) in [5.41, 5.74) is 2.14. The normalized spacial score (nSPS) is 10.6. The lowest BCUT2D eigenvalue weighted by atomic mass is 10.1. The van der Waals surface area contributed by atoms with Crippen LogP contribution < -0.4 is 10.2 Å². The number of alkyl halides is 1. The van der Waals surface area contributed by atoms with Crippen LogP contribution in [0, 0.1) is 0 Å². The fourth-order valence-corrected chi connectivity index (χ4v) is 3.30. The van der Waals surface area contributed by atoms with Gasteiger partial charge < -0.3 is 10.2 Å². The molecule has 28 heavy (non-hydrogen) atoms. The summed E-state index contributed by atoms with van der Waals surface area (Å²) in [5, 5.41) is 4.96. The first-order chi connectivity index (χ1) is 13.6. The Bertz CT molecular complexity index is 965. The number of nitrogens with zero attached hydrogens (tertiary/aromatic N) is 1. The number of halogens is 1. The van der Waals surface area contributed by atoms with Crippen molar-refractivity contribution in [2.75, 3.05) is 22.6 Å². The van der Waals surface area contributed by atoms with Gasteiger partial charge in [-0.15, -0.1) is 11.6 Å². The average molecular weight is 395 g/mol. The number of nitrogens with one attached hydrogen (secondary N) is 1. The molecule has 0 aliphatic rings. The number of amides is 2. The van der Waals surface area contributed by atoms with E-state index in [1.165, 1.54) is 0 Å². The fourth-order valence-electron chi connectivity index (χ4n) is 3.17. The molecule has 144 valence electrons. The maximum Gasteiger partial charge on any atom is 0.258 e. The minimum Gasteiger partial charge on any atom is -0.326 e. The van der Waals surface area contributed by atoms with Gasteiger partial charge in [0.2, 0.25) is 5.91 Å². The Morgan fingerprint density at radius 1 is 0.964 bits per heavy atom. The van der Waals surface area contributed by atoms with Crippen molar-refractivity contribution in [2.45, 2.75) is 19.8 Å². The van der Waals surface area contributed by atoms with E-state index in [-0.39, 0.29) is 11.8 Å². The molecule has 0 unspecified atom stereocenters. The molecule has 3 aromatic rings. The SMILES string of the molecule is CCN(C(=O)c1ccc(NC(=O)CCCCl)cc1)c1cccc2ccccc12. The Balaban J connectivity index is 1.80. The smallest absolute Gasteiger partial charge is 0.258 e. The summed E-state index contributed by atoms with van der Waals surface area (Å²) in [5.74, 6) is 0.312. The van der Waals surface area contributed by atoms with Gasteiger partial charge in [-0.3, -0.25) is 9.59 Å². The summed E-state index contributed by atoms with van der Waals surface area (Å²) in [4.78, 5) is 26.7. The van der Waals surface area contributed by atoms with Crippen LogP contribution in [0.5, 0.6) is 0 Å². The van der Waals surface area contributed by atoms with Gasteiger partial charge in [0.25, 0.3) is 5.91 Å². The van der Waals surface area contributed by atoms with E-state index in [4.69, 9.17) is 11.6 Å². The highest BCUT2D eigenvalue weighted by molar-refractivity contribution is 6.18. The van der Waals surface area contributed by atoms with Crippen molar-refractivity contribution < 1.29 is 9.59 Å². The number of benzene rings is 3. The van der Waals surface area contributed by atoms with Crippen LogP contribution in [-0.2, 0) is 4.79 Å². The van der Waals surface area contributed by atoms with Gasteiger partial charge >= 0.3 is 0 Å². The zero-order chi connectivity index (χ0) is 19.9. The van der Waals surface area contributed by atoms with E-state index in [1.54, 1.807) is 29.2 Å². The minimum absolute atomic E-state index is 0.0705. The molecule has 0 atom stereocenters. The Labute approximate surface area is 170 Å². The van der Waals surface area contributed by atoms with Crippen LogP contribution in [-0.4, -0.2) is 24.2 Å². The molecule has 0 aliphatic carbocycles. The maximum atomic E-state index is 13.1. The molecule has 0 bridgehead atoms. The second-order valence-corrected chi connectivity index (χ2v) is 6.84. The van der Waals surface area contributed by atoms with E-state index in [0.29, 0.717) is 36.5 Å². The Kier molecular flexibility index (Phi) is 6.66. The van der Waals surface area contributed by atoms with Crippen LogP contribution in [0.3, 0.4) is 0 Å². The third-order valence-corrected chi connectivity index (χ3v) is 4.84. The van der Waals surface area contributed by atoms with Gasteiger partial charge in [-0.2, -0.15) is 0 Å². The van der Waals surface area contributed by atoms with E-state index in [2.05, 4.69) is 5.32 Å². The largest absolute Gasteiger partial charge is 0.326 e. The van der Waals surface area contributed by atoms with E-state index < -0.39 is 0 Å². The summed E-state index contributed by atoms with van der Waals surface area (Å²) in [6.45, 7) is 2.52. The van der Waals surface area contributed by atoms with E-state index >= 15 is 0 Å². The number of fused-ring (bicyclic) bond motifs is 1. The van der Waals surface area contributed by atoms with Gasteiger partial charge in [0, 0.05) is 35.5 Å². The van der Waals surface area contributed by atoms with Gasteiger partial charge in [0.15, 0.2) is 0 Å². The molecule has 0 fully saturated rings. The van der Waals surface area contributed by atoms with E-state index in [1.807, 2.05) is 49.4 Å². The Morgan fingerprint density at radius 2 is 1.68 bits per heavy atom. The van der Waals surface area contributed by atoms with Crippen LogP contribution in [0.4, 0.5) is 11.4 Å². The fraction of sp³-hybridized carbons (Fsp3) is 0.217. The average Bonchev–Trinajstić information content (AvgIpc) is 2.73. The number of anilines is 2. The lowest BCUT2D eigenvalue weighted by Crippen LogP contribution is -2.30. The molecule has 3 aromatic carbocycles. The summed E-state index contributed by atoms with van der Waals surface area (Å²) in [6.07, 6.45) is 1.02. The number of hydrogen-bond donors (Lipinski definition) is 1. The lowest BCUT2D eigenvalue weighted by molar-refractivity contribution is -0.116. The summed E-state index contributed by atoms with van der Waals surface area (Å²) >= 11 is 5.61. The number of rotatable bonds is 7. The molecule has 5 heteroatoms. The molecule has 2 amide bonds. The monoisotopic (exact) mass is 394 g/mol. The quantitative estimate of drug-likeness (QED) is 0.540. The van der Waals surface area contributed by atoms with E-state index in [0.717, 1.165) is 16.5 Å². The predicted molar refractivity (Wildman–Crippen MR) is 116 cm³/mol. The Hall–Kier alpha value is -2.85. The summed E-state index contributed by atoms with van der Waals surface area (Å²) in [6, 6.07) is 21.0. The lowest BCUT2D eigenvalue weighted by Gasteiger charge is -2.23. The number of hydrogen-bond acceptors (Lipinski definition) is 2. The maximum absolute atomic E-state index is 13.1. The van der Waals surface area contributed by atoms with Crippen molar-refractivity contribution in [3.05, 3.63) is 72.3 Å². The summed E-state index contributed by atoms with van der Waals surface area (Å²) in [7, 11) is 0. The zero-order valence-electron chi connectivity index (χ0n) is 15.8. The van der Waals surface area contributed by atoms with Crippen LogP contribution >= 0.6 is 11.6 Å². The highest BCUT2D eigenvalue weighted by Gasteiger charge is 2.18. The van der Waals surface area contributed by atoms with Crippen molar-refractivity contribution in [3.63, 3.8) is 0 Å². The molecule has 0 spiro atoms. The standard InChI is InChI=1S/C23H23ClN2O2/c1-2-26(21-10-5-8-17-7-3-4-9-20(17)21)23(28)18-12-14-19(15-13-18)25-22(27)11-6-16-24/h3-5,7-10,12-15H,2,6,11,16H2,1H3,(H,25,27). The molecule has 3 rings (SSSR count). The Morgan fingerprint density at radius 3 is 2.39 bits per heavy atom. The van der Waals surface area contributed by atoms with E-state index in [9.17, 15) is 9.59 Å². The molecule has 0 aliphatic heterocycles. The third-order valence-electron chi connectivity index (χ3n) is 4.57. The molecule has 0 saturated heterocycles. The molecular weight excluding hydrogens is 372 g/mol. The first-order valence-electron chi connectivity index (χ1n) is 9.39. The van der Waals surface area contributed by atoms with Crippen molar-refractivity contribution in [1.82, 2.24) is 0 Å². The van der Waals surface area contributed by atoms with Gasteiger partial charge in [0.05, 0.1) is 5.69 Å². The molecule has 0 saturated carbocycles. The van der Waals surface area contributed by atoms with Gasteiger partial charge in [-0.05, 0) is 49.1 Å². The van der Waals surface area contributed by atoms with Crippen molar-refractivity contribution in [1.29, 1.82) is 0 Å². The molecule has 0 aromatic heterocycles. The first kappa shape index (κ1) is 19.9. The molecule has 0 radical (unpaired) electrons. The van der Waals surface area contributed by atoms with Crippen LogP contribution in [0.2, 0.25) is 0 Å². The van der Waals surface area contributed by atoms with Gasteiger partial charge in [0.1, 0.15) is 0 Å². The molecular formula is C23H23ClN2O2. The highest BCUT2D eigenvalue weighted by atomic mass is 35.5. The third kappa shape index (κ3) is 4.52. The van der Waals surface area contributed by atoms with Crippen molar-refractivity contribution in [2.24, 2.45) is 0 Å². The number of carbonyl (C=O) groups excluding carboxylic acids is 2. The predicted octanol–water partition coefficient (Wildman–Crippen LogP) is 5.46. The highest BCUT2D eigenvalue weighted by Crippen LogP contribution is 2.28. The second kappa shape index (κ2) is 9.38.